The number of aliphatic hydroxyl groups is 7. The highest BCUT2D eigenvalue weighted by Gasteiger charge is 2.50. The second kappa shape index (κ2) is 8.84. The summed E-state index contributed by atoms with van der Waals surface area (Å²) >= 11 is 0. The van der Waals surface area contributed by atoms with Crippen LogP contribution >= 0.6 is 0 Å². The fourth-order valence-corrected chi connectivity index (χ4v) is 2.75. The van der Waals surface area contributed by atoms with E-state index in [2.05, 4.69) is 0 Å². The van der Waals surface area contributed by atoms with Gasteiger partial charge in [-0.25, -0.2) is 0 Å². The Morgan fingerprint density at radius 1 is 0.885 bits per heavy atom. The first-order valence-electron chi connectivity index (χ1n) is 7.96. The maximum absolute atomic E-state index is 10.9. The number of esters is 1. The van der Waals surface area contributed by atoms with Crippen LogP contribution < -0.4 is 0 Å². The lowest BCUT2D eigenvalue weighted by Gasteiger charge is -2.45. The highest BCUT2D eigenvalue weighted by Crippen LogP contribution is 2.28. The molecule has 2 aliphatic heterocycles. The topological polar surface area (TPSA) is 196 Å². The minimum atomic E-state index is -1.80. The van der Waals surface area contributed by atoms with Crippen LogP contribution in [0.3, 0.4) is 0 Å². The summed E-state index contributed by atoms with van der Waals surface area (Å²) in [5.41, 5.74) is 0. The van der Waals surface area contributed by atoms with Crippen LogP contribution in [0.4, 0.5) is 0 Å². The molecule has 0 aromatic carbocycles. The van der Waals surface area contributed by atoms with Gasteiger partial charge in [-0.1, -0.05) is 0 Å². The van der Waals surface area contributed by atoms with Crippen LogP contribution in [0.25, 0.3) is 0 Å². The first kappa shape index (κ1) is 21.4. The van der Waals surface area contributed by atoms with Crippen molar-refractivity contribution in [3.05, 3.63) is 0 Å². The molecule has 0 amide bonds. The van der Waals surface area contributed by atoms with E-state index in [1.165, 1.54) is 0 Å². The molecule has 2 fully saturated rings. The van der Waals surface area contributed by atoms with Gasteiger partial charge < -0.3 is 54.7 Å². The number of aliphatic hydroxyl groups excluding tert-OH is 7. The van der Waals surface area contributed by atoms with Gasteiger partial charge >= 0.3 is 5.97 Å². The molecule has 152 valence electrons. The van der Waals surface area contributed by atoms with Crippen molar-refractivity contribution in [2.45, 2.75) is 68.3 Å². The molecule has 0 bridgehead atoms. The molecule has 12 heteroatoms. The second-order valence-electron chi connectivity index (χ2n) is 6.15. The van der Waals surface area contributed by atoms with Crippen LogP contribution in [0.15, 0.2) is 0 Å². The zero-order valence-electron chi connectivity index (χ0n) is 13.9. The monoisotopic (exact) mass is 384 g/mol. The van der Waals surface area contributed by atoms with Crippen molar-refractivity contribution in [1.29, 1.82) is 0 Å². The third-order valence-corrected chi connectivity index (χ3v) is 4.25. The molecule has 0 spiro atoms. The highest BCUT2D eigenvalue weighted by molar-refractivity contribution is 5.65. The van der Waals surface area contributed by atoms with Crippen molar-refractivity contribution in [2.24, 2.45) is 0 Å². The van der Waals surface area contributed by atoms with E-state index in [-0.39, 0.29) is 0 Å². The van der Waals surface area contributed by atoms with Crippen molar-refractivity contribution in [2.75, 3.05) is 13.2 Å². The number of rotatable bonds is 5. The third kappa shape index (κ3) is 4.48. The summed E-state index contributed by atoms with van der Waals surface area (Å²) in [5, 5.41) is 68.6. The Kier molecular flexibility index (Phi) is 7.27. The molecular weight excluding hydrogens is 360 g/mol. The van der Waals surface area contributed by atoms with E-state index >= 15 is 0 Å². The van der Waals surface area contributed by atoms with Gasteiger partial charge in [0.25, 0.3) is 0 Å². The minimum absolute atomic E-state index is 0.436. The summed E-state index contributed by atoms with van der Waals surface area (Å²) in [6.07, 6.45) is -15.9. The van der Waals surface area contributed by atoms with Crippen LogP contribution in [-0.2, 0) is 23.7 Å². The number of ether oxygens (including phenoxy) is 4. The zero-order valence-corrected chi connectivity index (χ0v) is 13.9. The van der Waals surface area contributed by atoms with Crippen molar-refractivity contribution < 1.29 is 59.5 Å². The van der Waals surface area contributed by atoms with Crippen molar-refractivity contribution in [3.63, 3.8) is 0 Å². The Morgan fingerprint density at radius 3 is 2.12 bits per heavy atom. The Labute approximate surface area is 148 Å². The lowest BCUT2D eigenvalue weighted by molar-refractivity contribution is -0.355. The smallest absolute Gasteiger partial charge is 0.302 e. The minimum Gasteiger partial charge on any atom is -0.463 e. The van der Waals surface area contributed by atoms with Crippen LogP contribution in [0.5, 0.6) is 0 Å². The Hall–Kier alpha value is -0.930. The van der Waals surface area contributed by atoms with E-state index in [4.69, 9.17) is 24.1 Å². The van der Waals surface area contributed by atoms with Gasteiger partial charge in [0.2, 0.25) is 0 Å². The molecule has 2 heterocycles. The van der Waals surface area contributed by atoms with Crippen molar-refractivity contribution in [1.82, 2.24) is 0 Å². The normalized spacial score (nSPS) is 46.8. The molecule has 2 rings (SSSR count). The van der Waals surface area contributed by atoms with Gasteiger partial charge in [-0.2, -0.15) is 0 Å². The van der Waals surface area contributed by atoms with Crippen LogP contribution in [-0.4, -0.2) is 116 Å². The Balaban J connectivity index is 2.10. The second-order valence-corrected chi connectivity index (χ2v) is 6.15. The van der Waals surface area contributed by atoms with Gasteiger partial charge in [-0.3, -0.25) is 4.79 Å². The lowest BCUT2D eigenvalue weighted by Crippen LogP contribution is -2.64. The quantitative estimate of drug-likeness (QED) is 0.224. The number of hydrogen-bond acceptors (Lipinski definition) is 12. The molecule has 0 saturated carbocycles. The molecule has 0 aromatic heterocycles. The van der Waals surface area contributed by atoms with Crippen LogP contribution in [0.2, 0.25) is 0 Å². The van der Waals surface area contributed by atoms with Gasteiger partial charge in [0.15, 0.2) is 12.6 Å². The molecule has 2 aliphatic rings. The van der Waals surface area contributed by atoms with Crippen molar-refractivity contribution in [3.8, 4) is 0 Å². The van der Waals surface area contributed by atoms with Crippen LogP contribution in [0, 0.1) is 0 Å². The van der Waals surface area contributed by atoms with E-state index in [1.54, 1.807) is 0 Å². The molecule has 12 nitrogen and oxygen atoms in total. The first-order chi connectivity index (χ1) is 12.2. The number of carbonyl (C=O) groups excluding carboxylic acids is 1. The zero-order chi connectivity index (χ0) is 19.6. The number of carbonyl (C=O) groups is 1. The molecule has 26 heavy (non-hydrogen) atoms. The summed E-state index contributed by atoms with van der Waals surface area (Å²) < 4.78 is 20.1. The van der Waals surface area contributed by atoms with Gasteiger partial charge in [-0.05, 0) is 0 Å². The molecule has 0 radical (unpaired) electrons. The largest absolute Gasteiger partial charge is 0.463 e. The molecule has 10 atom stereocenters. The summed E-state index contributed by atoms with van der Waals surface area (Å²) in [5.74, 6) is -0.659. The SMILES string of the molecule is CC(=O)OC[C@H]1O[C@@H](O)[C@H](O)[C@@H](O[C@H]2O[C@H](CO)[C@@H](O)[C@H](O)[C@@H]2O)[C@H]1O. The highest BCUT2D eigenvalue weighted by atomic mass is 16.7. The standard InChI is InChI=1S/C14H24O12/c1-4(16)23-3-6-8(18)12(11(21)13(22)24-6)26-14-10(20)9(19)7(17)5(2-15)25-14/h5-15,17-22H,2-3H2,1H3/t5-,6-,7-,8+,9+,10+,11-,12+,13-,14-/m1/s1. The first-order valence-corrected chi connectivity index (χ1v) is 7.96. The third-order valence-electron chi connectivity index (χ3n) is 4.25. The summed E-state index contributed by atoms with van der Waals surface area (Å²) in [7, 11) is 0. The number of hydrogen-bond donors (Lipinski definition) is 7. The molecule has 0 aliphatic carbocycles. The summed E-state index contributed by atoms with van der Waals surface area (Å²) in [4.78, 5) is 10.9. The molecule has 0 aromatic rings. The van der Waals surface area contributed by atoms with E-state index < -0.39 is 80.6 Å². The van der Waals surface area contributed by atoms with Gasteiger partial charge in [0.1, 0.15) is 55.4 Å². The van der Waals surface area contributed by atoms with Crippen LogP contribution in [0.1, 0.15) is 6.92 Å². The predicted octanol–water partition coefficient (Wildman–Crippen LogP) is -4.83. The van der Waals surface area contributed by atoms with E-state index in [9.17, 15) is 35.4 Å². The fourth-order valence-electron chi connectivity index (χ4n) is 2.75. The lowest BCUT2D eigenvalue weighted by atomic mass is 9.97. The van der Waals surface area contributed by atoms with Gasteiger partial charge in [0.05, 0.1) is 6.61 Å². The maximum atomic E-state index is 10.9. The van der Waals surface area contributed by atoms with E-state index in [0.29, 0.717) is 0 Å². The molecular formula is C14H24O12. The summed E-state index contributed by atoms with van der Waals surface area (Å²) in [6, 6.07) is 0. The fraction of sp³-hybridized carbons (Fsp3) is 0.929. The van der Waals surface area contributed by atoms with Gasteiger partial charge in [-0.15, -0.1) is 0 Å². The molecule has 2 saturated heterocycles. The van der Waals surface area contributed by atoms with Gasteiger partial charge in [0, 0.05) is 6.92 Å². The average Bonchev–Trinajstić information content (AvgIpc) is 2.60. The Morgan fingerprint density at radius 2 is 1.54 bits per heavy atom. The van der Waals surface area contributed by atoms with Crippen molar-refractivity contribution >= 4 is 5.97 Å². The summed E-state index contributed by atoms with van der Waals surface area (Å²) in [6.45, 7) is -0.00136. The predicted molar refractivity (Wildman–Crippen MR) is 78.2 cm³/mol. The van der Waals surface area contributed by atoms with E-state index in [0.717, 1.165) is 6.92 Å². The maximum Gasteiger partial charge on any atom is 0.302 e. The Bertz CT molecular complexity index is 473. The molecule has 7 N–H and O–H groups in total. The van der Waals surface area contributed by atoms with E-state index in [1.807, 2.05) is 0 Å². The molecule has 0 unspecified atom stereocenters. The average molecular weight is 384 g/mol.